The Morgan fingerprint density at radius 3 is 2.56 bits per heavy atom. The molecule has 0 saturated carbocycles. The first-order valence-electron chi connectivity index (χ1n) is 8.57. The van der Waals surface area contributed by atoms with E-state index in [1.54, 1.807) is 0 Å². The van der Waals surface area contributed by atoms with E-state index >= 15 is 0 Å². The summed E-state index contributed by atoms with van der Waals surface area (Å²) in [6.45, 7) is 1.95. The van der Waals surface area contributed by atoms with Gasteiger partial charge >= 0.3 is 0 Å². The lowest BCUT2D eigenvalue weighted by molar-refractivity contribution is 0.0947. The summed E-state index contributed by atoms with van der Waals surface area (Å²) in [6.07, 6.45) is 0. The van der Waals surface area contributed by atoms with Crippen molar-refractivity contribution in [3.8, 4) is 0 Å². The summed E-state index contributed by atoms with van der Waals surface area (Å²) in [5.74, 6) is -0.107. The molecule has 0 spiro atoms. The van der Waals surface area contributed by atoms with Gasteiger partial charge in [-0.3, -0.25) is 9.48 Å². The maximum atomic E-state index is 13.0. The summed E-state index contributed by atoms with van der Waals surface area (Å²) in [5.41, 5.74) is 2.88. The number of rotatable bonds is 4. The molecule has 0 aliphatic heterocycles. The molecule has 0 bridgehead atoms. The SMILES string of the molecule is Cc1nn(C)c2sc(C(=O)NC(c3ccccc3)c3cccc(Cl)c3)cc12. The average molecular weight is 396 g/mol. The van der Waals surface area contributed by atoms with Crippen LogP contribution in [0.4, 0.5) is 0 Å². The van der Waals surface area contributed by atoms with Crippen molar-refractivity contribution in [3.05, 3.63) is 87.4 Å². The van der Waals surface area contributed by atoms with Crippen molar-refractivity contribution < 1.29 is 4.79 Å². The van der Waals surface area contributed by atoms with E-state index < -0.39 is 0 Å². The molecular weight excluding hydrogens is 378 g/mol. The number of aryl methyl sites for hydroxylation is 2. The number of nitrogens with one attached hydrogen (secondary N) is 1. The molecule has 2 aromatic heterocycles. The molecule has 1 amide bonds. The van der Waals surface area contributed by atoms with E-state index in [4.69, 9.17) is 11.6 Å². The zero-order valence-electron chi connectivity index (χ0n) is 14.9. The molecule has 2 heterocycles. The van der Waals surface area contributed by atoms with Crippen LogP contribution in [0.3, 0.4) is 0 Å². The number of hydrogen-bond acceptors (Lipinski definition) is 3. The fraction of sp³-hybridized carbons (Fsp3) is 0.143. The maximum absolute atomic E-state index is 13.0. The number of amides is 1. The number of halogens is 1. The number of carbonyl (C=O) groups excluding carboxylic acids is 1. The van der Waals surface area contributed by atoms with Gasteiger partial charge in [0, 0.05) is 17.5 Å². The Hall–Kier alpha value is -2.63. The minimum atomic E-state index is -0.276. The molecule has 1 unspecified atom stereocenters. The van der Waals surface area contributed by atoms with Crippen LogP contribution >= 0.6 is 22.9 Å². The maximum Gasteiger partial charge on any atom is 0.262 e. The molecule has 0 saturated heterocycles. The van der Waals surface area contributed by atoms with E-state index in [2.05, 4.69) is 10.4 Å². The lowest BCUT2D eigenvalue weighted by Crippen LogP contribution is -2.28. The molecule has 2 aromatic carbocycles. The zero-order chi connectivity index (χ0) is 19.0. The first-order valence-corrected chi connectivity index (χ1v) is 9.77. The lowest BCUT2D eigenvalue weighted by atomic mass is 9.98. The van der Waals surface area contributed by atoms with Gasteiger partial charge in [-0.1, -0.05) is 54.1 Å². The van der Waals surface area contributed by atoms with Gasteiger partial charge in [0.05, 0.1) is 16.6 Å². The van der Waals surface area contributed by atoms with Crippen LogP contribution < -0.4 is 5.32 Å². The molecule has 1 atom stereocenters. The van der Waals surface area contributed by atoms with Crippen molar-refractivity contribution in [1.29, 1.82) is 0 Å². The van der Waals surface area contributed by atoms with Gasteiger partial charge in [0.1, 0.15) is 4.83 Å². The lowest BCUT2D eigenvalue weighted by Gasteiger charge is -2.19. The van der Waals surface area contributed by atoms with Gasteiger partial charge in [-0.15, -0.1) is 11.3 Å². The fourth-order valence-electron chi connectivity index (χ4n) is 3.21. The van der Waals surface area contributed by atoms with Gasteiger partial charge in [0.15, 0.2) is 0 Å². The van der Waals surface area contributed by atoms with Crippen molar-refractivity contribution in [3.63, 3.8) is 0 Å². The van der Waals surface area contributed by atoms with E-state index in [9.17, 15) is 4.79 Å². The van der Waals surface area contributed by atoms with Crippen LogP contribution in [0.1, 0.15) is 32.5 Å². The summed E-state index contributed by atoms with van der Waals surface area (Å²) in [4.78, 5) is 14.7. The minimum absolute atomic E-state index is 0.107. The molecule has 0 aliphatic rings. The Labute approximate surface area is 166 Å². The Balaban J connectivity index is 1.70. The number of nitrogens with zero attached hydrogens (tertiary/aromatic N) is 2. The molecule has 0 radical (unpaired) electrons. The first-order chi connectivity index (χ1) is 13.0. The van der Waals surface area contributed by atoms with Gasteiger partial charge in [-0.25, -0.2) is 0 Å². The van der Waals surface area contributed by atoms with Gasteiger partial charge in [-0.05, 0) is 36.2 Å². The van der Waals surface area contributed by atoms with Crippen LogP contribution in [0.25, 0.3) is 10.2 Å². The van der Waals surface area contributed by atoms with Crippen molar-refractivity contribution in [2.75, 3.05) is 0 Å². The van der Waals surface area contributed by atoms with Crippen LogP contribution in [0, 0.1) is 6.92 Å². The highest BCUT2D eigenvalue weighted by Crippen LogP contribution is 2.29. The van der Waals surface area contributed by atoms with Gasteiger partial charge < -0.3 is 5.32 Å². The number of aromatic nitrogens is 2. The largest absolute Gasteiger partial charge is 0.340 e. The smallest absolute Gasteiger partial charge is 0.262 e. The quantitative estimate of drug-likeness (QED) is 0.521. The Kier molecular flexibility index (Phi) is 4.72. The second-order valence-electron chi connectivity index (χ2n) is 6.41. The fourth-order valence-corrected chi connectivity index (χ4v) is 4.44. The number of hydrogen-bond donors (Lipinski definition) is 1. The van der Waals surface area contributed by atoms with E-state index in [0.717, 1.165) is 27.0 Å². The highest BCUT2D eigenvalue weighted by Gasteiger charge is 2.21. The number of thiophene rings is 1. The highest BCUT2D eigenvalue weighted by atomic mass is 35.5. The van der Waals surface area contributed by atoms with Crippen LogP contribution in [0.5, 0.6) is 0 Å². The third kappa shape index (κ3) is 3.48. The van der Waals surface area contributed by atoms with E-state index in [1.807, 2.05) is 79.3 Å². The minimum Gasteiger partial charge on any atom is -0.340 e. The topological polar surface area (TPSA) is 46.9 Å². The predicted octanol–water partition coefficient (Wildman–Crippen LogP) is 5.12. The summed E-state index contributed by atoms with van der Waals surface area (Å²) in [5, 5.41) is 9.23. The highest BCUT2D eigenvalue weighted by molar-refractivity contribution is 7.20. The van der Waals surface area contributed by atoms with Gasteiger partial charge in [0.2, 0.25) is 0 Å². The van der Waals surface area contributed by atoms with Crippen molar-refractivity contribution in [2.45, 2.75) is 13.0 Å². The monoisotopic (exact) mass is 395 g/mol. The molecule has 6 heteroatoms. The average Bonchev–Trinajstić information content (AvgIpc) is 3.22. The number of fused-ring (bicyclic) bond motifs is 1. The third-order valence-electron chi connectivity index (χ3n) is 4.51. The number of benzene rings is 2. The van der Waals surface area contributed by atoms with Crippen LogP contribution in [0.15, 0.2) is 60.7 Å². The van der Waals surface area contributed by atoms with Crippen LogP contribution in [0.2, 0.25) is 5.02 Å². The van der Waals surface area contributed by atoms with E-state index in [-0.39, 0.29) is 11.9 Å². The normalized spacial score (nSPS) is 12.3. The second-order valence-corrected chi connectivity index (χ2v) is 7.88. The Morgan fingerprint density at radius 2 is 1.85 bits per heavy atom. The molecule has 0 aliphatic carbocycles. The molecule has 4 nitrogen and oxygen atoms in total. The molecule has 0 fully saturated rings. The van der Waals surface area contributed by atoms with E-state index in [1.165, 1.54) is 11.3 Å². The molecule has 4 rings (SSSR count). The molecule has 136 valence electrons. The third-order valence-corrected chi connectivity index (χ3v) is 5.95. The molecular formula is C21H18ClN3OS. The Morgan fingerprint density at radius 1 is 1.11 bits per heavy atom. The summed E-state index contributed by atoms with van der Waals surface area (Å²) < 4.78 is 1.82. The standard InChI is InChI=1S/C21H18ClN3OS/c1-13-17-12-18(27-21(17)25(2)24-13)20(26)23-19(14-7-4-3-5-8-14)15-9-6-10-16(22)11-15/h3-12,19H,1-2H3,(H,23,26). The van der Waals surface area contributed by atoms with Crippen molar-refractivity contribution in [1.82, 2.24) is 15.1 Å². The molecule has 27 heavy (non-hydrogen) atoms. The molecule has 1 N–H and O–H groups in total. The van der Waals surface area contributed by atoms with E-state index in [0.29, 0.717) is 9.90 Å². The summed E-state index contributed by atoms with van der Waals surface area (Å²) in [7, 11) is 1.90. The van der Waals surface area contributed by atoms with Crippen LogP contribution in [-0.2, 0) is 7.05 Å². The van der Waals surface area contributed by atoms with Crippen molar-refractivity contribution in [2.24, 2.45) is 7.05 Å². The second kappa shape index (κ2) is 7.18. The van der Waals surface area contributed by atoms with Gasteiger partial charge in [-0.2, -0.15) is 5.10 Å². The number of carbonyl (C=O) groups is 1. The Bertz CT molecular complexity index is 1080. The van der Waals surface area contributed by atoms with Gasteiger partial charge in [0.25, 0.3) is 5.91 Å². The molecule has 4 aromatic rings. The first kappa shape index (κ1) is 17.8. The predicted molar refractivity (Wildman–Crippen MR) is 111 cm³/mol. The summed E-state index contributed by atoms with van der Waals surface area (Å²) in [6, 6.07) is 19.1. The summed E-state index contributed by atoms with van der Waals surface area (Å²) >= 11 is 7.63. The van der Waals surface area contributed by atoms with Crippen LogP contribution in [-0.4, -0.2) is 15.7 Å². The zero-order valence-corrected chi connectivity index (χ0v) is 16.5. The van der Waals surface area contributed by atoms with Crippen molar-refractivity contribution >= 4 is 39.1 Å².